The van der Waals surface area contributed by atoms with Gasteiger partial charge in [0.2, 0.25) is 5.91 Å². The summed E-state index contributed by atoms with van der Waals surface area (Å²) in [5.41, 5.74) is 7.31. The Kier molecular flexibility index (Phi) is 3.44. The number of para-hydroxylation sites is 1. The molecule has 0 fully saturated rings. The van der Waals surface area contributed by atoms with Crippen molar-refractivity contribution in [3.8, 4) is 0 Å². The van der Waals surface area contributed by atoms with Gasteiger partial charge in [-0.25, -0.2) is 0 Å². The highest BCUT2D eigenvalue weighted by Gasteiger charge is 2.09. The van der Waals surface area contributed by atoms with Gasteiger partial charge < -0.3 is 15.1 Å². The van der Waals surface area contributed by atoms with Crippen LogP contribution in [0.1, 0.15) is 5.56 Å². The first-order chi connectivity index (χ1) is 8.22. The predicted molar refractivity (Wildman–Crippen MR) is 66.6 cm³/mol. The zero-order valence-corrected chi connectivity index (χ0v) is 9.85. The van der Waals surface area contributed by atoms with E-state index in [4.69, 9.17) is 10.2 Å². The molecule has 90 valence electrons. The lowest BCUT2D eigenvalue weighted by atomic mass is 10.1. The number of likely N-dealkylation sites (N-methyl/N-ethyl adjacent to an activating group) is 1. The Labute approximate surface area is 100.0 Å². The molecule has 2 aromatic rings. The van der Waals surface area contributed by atoms with E-state index in [1.807, 2.05) is 24.3 Å². The maximum absolute atomic E-state index is 11.3. The molecular formula is C13H16N2O2. The van der Waals surface area contributed by atoms with Crippen LogP contribution >= 0.6 is 0 Å². The van der Waals surface area contributed by atoms with Gasteiger partial charge in [0.15, 0.2) is 0 Å². The van der Waals surface area contributed by atoms with Gasteiger partial charge >= 0.3 is 0 Å². The molecule has 0 radical (unpaired) electrons. The number of rotatable bonds is 4. The molecule has 0 bridgehead atoms. The fourth-order valence-corrected chi connectivity index (χ4v) is 1.80. The van der Waals surface area contributed by atoms with Crippen LogP contribution in [0.3, 0.4) is 0 Å². The second-order valence-corrected chi connectivity index (χ2v) is 4.03. The fraction of sp³-hybridized carbons (Fsp3) is 0.308. The summed E-state index contributed by atoms with van der Waals surface area (Å²) in [6, 6.07) is 7.89. The fourth-order valence-electron chi connectivity index (χ4n) is 1.80. The van der Waals surface area contributed by atoms with E-state index in [1.54, 1.807) is 18.2 Å². The minimum absolute atomic E-state index is 0.0437. The molecule has 4 heteroatoms. The molecule has 0 atom stereocenters. The molecule has 0 spiro atoms. The van der Waals surface area contributed by atoms with Gasteiger partial charge in [0.1, 0.15) is 5.58 Å². The Morgan fingerprint density at radius 3 is 2.94 bits per heavy atom. The lowest BCUT2D eigenvalue weighted by Gasteiger charge is -2.15. The van der Waals surface area contributed by atoms with Gasteiger partial charge in [-0.15, -0.1) is 0 Å². The lowest BCUT2D eigenvalue weighted by Crippen LogP contribution is -2.34. The smallest absolute Gasteiger partial charge is 0.236 e. The molecule has 2 rings (SSSR count). The number of furan rings is 1. The molecule has 0 saturated heterocycles. The van der Waals surface area contributed by atoms with Crippen LogP contribution in [0.5, 0.6) is 0 Å². The van der Waals surface area contributed by atoms with Crippen LogP contribution in [0.4, 0.5) is 0 Å². The van der Waals surface area contributed by atoms with E-state index in [0.29, 0.717) is 6.54 Å². The number of amides is 1. The minimum Gasteiger partial charge on any atom is -0.464 e. The third-order valence-electron chi connectivity index (χ3n) is 2.88. The highest BCUT2D eigenvalue weighted by Crippen LogP contribution is 2.20. The average molecular weight is 232 g/mol. The molecular weight excluding hydrogens is 216 g/mol. The summed E-state index contributed by atoms with van der Waals surface area (Å²) < 4.78 is 5.44. The Hall–Kier alpha value is -1.81. The molecule has 1 amide bonds. The number of fused-ring (bicyclic) bond motifs is 1. The number of carbonyl (C=O) groups excluding carboxylic acids is 1. The topological polar surface area (TPSA) is 59.5 Å². The van der Waals surface area contributed by atoms with E-state index in [9.17, 15) is 4.79 Å². The number of hydrogen-bond acceptors (Lipinski definition) is 3. The van der Waals surface area contributed by atoms with Gasteiger partial charge in [0.25, 0.3) is 0 Å². The first-order valence-corrected chi connectivity index (χ1v) is 5.61. The van der Waals surface area contributed by atoms with Gasteiger partial charge in [0, 0.05) is 19.0 Å². The molecule has 1 aromatic heterocycles. The van der Waals surface area contributed by atoms with Crippen LogP contribution < -0.4 is 5.73 Å². The maximum Gasteiger partial charge on any atom is 0.236 e. The van der Waals surface area contributed by atoms with Crippen LogP contribution in [0, 0.1) is 0 Å². The summed E-state index contributed by atoms with van der Waals surface area (Å²) in [4.78, 5) is 13.0. The maximum atomic E-state index is 11.3. The van der Waals surface area contributed by atoms with Crippen molar-refractivity contribution in [1.29, 1.82) is 0 Å². The third-order valence-corrected chi connectivity index (χ3v) is 2.88. The molecule has 0 unspecified atom stereocenters. The zero-order chi connectivity index (χ0) is 12.3. The number of carbonyl (C=O) groups is 1. The summed E-state index contributed by atoms with van der Waals surface area (Å²) in [7, 11) is 1.76. The normalized spacial score (nSPS) is 10.7. The lowest BCUT2D eigenvalue weighted by molar-refractivity contribution is -0.128. The van der Waals surface area contributed by atoms with Crippen LogP contribution in [0.2, 0.25) is 0 Å². The molecule has 1 heterocycles. The van der Waals surface area contributed by atoms with E-state index in [0.717, 1.165) is 23.0 Å². The van der Waals surface area contributed by atoms with E-state index in [2.05, 4.69) is 0 Å². The minimum atomic E-state index is -0.0437. The van der Waals surface area contributed by atoms with E-state index >= 15 is 0 Å². The van der Waals surface area contributed by atoms with E-state index in [1.165, 1.54) is 0 Å². The highest BCUT2D eigenvalue weighted by molar-refractivity contribution is 5.81. The first kappa shape index (κ1) is 11.7. The van der Waals surface area contributed by atoms with Crippen molar-refractivity contribution in [2.75, 3.05) is 20.1 Å². The Bertz CT molecular complexity index is 519. The number of nitrogens with two attached hydrogens (primary N) is 1. The monoisotopic (exact) mass is 232 g/mol. The quantitative estimate of drug-likeness (QED) is 0.866. The number of hydrogen-bond donors (Lipinski definition) is 1. The second kappa shape index (κ2) is 5.01. The van der Waals surface area contributed by atoms with E-state index in [-0.39, 0.29) is 12.5 Å². The van der Waals surface area contributed by atoms with Crippen molar-refractivity contribution in [3.63, 3.8) is 0 Å². The molecule has 0 aliphatic carbocycles. The van der Waals surface area contributed by atoms with Crippen molar-refractivity contribution >= 4 is 16.9 Å². The Morgan fingerprint density at radius 1 is 1.41 bits per heavy atom. The molecule has 17 heavy (non-hydrogen) atoms. The summed E-state index contributed by atoms with van der Waals surface area (Å²) in [5.74, 6) is -0.0437. The SMILES string of the molecule is CN(CCc1coc2ccccc12)C(=O)CN. The van der Waals surface area contributed by atoms with Gasteiger partial charge in [-0.2, -0.15) is 0 Å². The average Bonchev–Trinajstić information content (AvgIpc) is 2.78. The summed E-state index contributed by atoms with van der Waals surface area (Å²) in [6.45, 7) is 0.711. The van der Waals surface area contributed by atoms with Crippen molar-refractivity contribution in [2.24, 2.45) is 5.73 Å². The van der Waals surface area contributed by atoms with Crippen molar-refractivity contribution < 1.29 is 9.21 Å². The van der Waals surface area contributed by atoms with Gasteiger partial charge in [-0.1, -0.05) is 18.2 Å². The van der Waals surface area contributed by atoms with Gasteiger partial charge in [-0.05, 0) is 18.1 Å². The van der Waals surface area contributed by atoms with Crippen LogP contribution in [0.15, 0.2) is 34.9 Å². The number of benzene rings is 1. The summed E-state index contributed by atoms with van der Waals surface area (Å²) in [5, 5.41) is 1.11. The van der Waals surface area contributed by atoms with Gasteiger partial charge in [-0.3, -0.25) is 4.79 Å². The predicted octanol–water partition coefficient (Wildman–Crippen LogP) is 1.39. The Balaban J connectivity index is 2.07. The molecule has 0 aliphatic rings. The summed E-state index contributed by atoms with van der Waals surface area (Å²) >= 11 is 0. The molecule has 0 aliphatic heterocycles. The summed E-state index contributed by atoms with van der Waals surface area (Å²) in [6.07, 6.45) is 2.53. The first-order valence-electron chi connectivity index (χ1n) is 5.61. The van der Waals surface area contributed by atoms with E-state index < -0.39 is 0 Å². The largest absolute Gasteiger partial charge is 0.464 e. The second-order valence-electron chi connectivity index (χ2n) is 4.03. The Morgan fingerprint density at radius 2 is 2.18 bits per heavy atom. The highest BCUT2D eigenvalue weighted by atomic mass is 16.3. The van der Waals surface area contributed by atoms with Gasteiger partial charge in [0.05, 0.1) is 12.8 Å². The van der Waals surface area contributed by atoms with Crippen molar-refractivity contribution in [1.82, 2.24) is 4.90 Å². The third kappa shape index (κ3) is 2.47. The van der Waals surface area contributed by atoms with Crippen LogP contribution in [0.25, 0.3) is 11.0 Å². The zero-order valence-electron chi connectivity index (χ0n) is 9.85. The van der Waals surface area contributed by atoms with Crippen LogP contribution in [-0.2, 0) is 11.2 Å². The molecule has 0 saturated carbocycles. The van der Waals surface area contributed by atoms with Crippen LogP contribution in [-0.4, -0.2) is 30.9 Å². The number of nitrogens with zero attached hydrogens (tertiary/aromatic N) is 1. The van der Waals surface area contributed by atoms with Crippen molar-refractivity contribution in [2.45, 2.75) is 6.42 Å². The molecule has 2 N–H and O–H groups in total. The van der Waals surface area contributed by atoms with Crippen molar-refractivity contribution in [3.05, 3.63) is 36.1 Å². The standard InChI is InChI=1S/C13H16N2O2/c1-15(13(16)8-14)7-6-10-9-17-12-5-3-2-4-11(10)12/h2-5,9H,6-8,14H2,1H3. The molecule has 1 aromatic carbocycles. The molecule has 4 nitrogen and oxygen atoms in total.